The van der Waals surface area contributed by atoms with Crippen LogP contribution in [0.4, 0.5) is 5.69 Å². The van der Waals surface area contributed by atoms with Crippen molar-refractivity contribution in [2.45, 2.75) is 12.8 Å². The molecule has 0 radical (unpaired) electrons. The molecule has 0 saturated carbocycles. The van der Waals surface area contributed by atoms with Gasteiger partial charge < -0.3 is 20.2 Å². The first kappa shape index (κ1) is 18.7. The first-order valence-corrected chi connectivity index (χ1v) is 8.51. The molecular formula is C17H24ClN3O3. The summed E-state index contributed by atoms with van der Waals surface area (Å²) >= 11 is 5.81. The molecule has 2 N–H and O–H groups in total. The van der Waals surface area contributed by atoms with Crippen molar-refractivity contribution in [1.82, 2.24) is 9.80 Å². The predicted octanol–water partition coefficient (Wildman–Crippen LogP) is 2.01. The second-order valence-corrected chi connectivity index (χ2v) is 6.69. The molecule has 1 amide bonds. The number of carboxylic acid groups (broad SMARTS) is 1. The molecule has 132 valence electrons. The Labute approximate surface area is 147 Å². The van der Waals surface area contributed by atoms with Gasteiger partial charge in [0.2, 0.25) is 5.91 Å². The number of anilines is 1. The van der Waals surface area contributed by atoms with Crippen LogP contribution in [0.5, 0.6) is 0 Å². The van der Waals surface area contributed by atoms with Gasteiger partial charge in [0.05, 0.1) is 5.92 Å². The highest BCUT2D eigenvalue weighted by Gasteiger charge is 2.25. The van der Waals surface area contributed by atoms with E-state index in [-0.39, 0.29) is 12.3 Å². The van der Waals surface area contributed by atoms with Crippen LogP contribution in [-0.2, 0) is 9.59 Å². The van der Waals surface area contributed by atoms with Gasteiger partial charge in [-0.25, -0.2) is 0 Å². The van der Waals surface area contributed by atoms with Crippen LogP contribution in [0, 0.1) is 5.92 Å². The molecule has 0 unspecified atom stereocenters. The number of nitrogens with zero attached hydrogens (tertiary/aromatic N) is 2. The van der Waals surface area contributed by atoms with Crippen LogP contribution in [0.15, 0.2) is 24.3 Å². The van der Waals surface area contributed by atoms with E-state index in [9.17, 15) is 14.7 Å². The number of likely N-dealkylation sites (N-methyl/N-ethyl adjacent to an activating group) is 1. The van der Waals surface area contributed by atoms with Gasteiger partial charge in [-0.3, -0.25) is 9.59 Å². The molecule has 24 heavy (non-hydrogen) atoms. The minimum Gasteiger partial charge on any atom is -0.481 e. The van der Waals surface area contributed by atoms with E-state index < -0.39 is 11.9 Å². The Morgan fingerprint density at radius 1 is 1.21 bits per heavy atom. The summed E-state index contributed by atoms with van der Waals surface area (Å²) in [4.78, 5) is 28.0. The van der Waals surface area contributed by atoms with Gasteiger partial charge in [0.15, 0.2) is 0 Å². The Morgan fingerprint density at radius 3 is 2.58 bits per heavy atom. The SMILES string of the molecule is CN1CCCN(C[C@@H](CC(=O)Nc2ccc(Cl)cc2)C(=O)O)CC1. The predicted molar refractivity (Wildman–Crippen MR) is 94.4 cm³/mol. The average Bonchev–Trinajstić information content (AvgIpc) is 2.73. The highest BCUT2D eigenvalue weighted by molar-refractivity contribution is 6.30. The third-order valence-corrected chi connectivity index (χ3v) is 4.45. The van der Waals surface area contributed by atoms with E-state index in [1.54, 1.807) is 24.3 Å². The maximum absolute atomic E-state index is 12.1. The van der Waals surface area contributed by atoms with Crippen molar-refractivity contribution in [3.8, 4) is 0 Å². The zero-order chi connectivity index (χ0) is 17.5. The summed E-state index contributed by atoms with van der Waals surface area (Å²) in [6.45, 7) is 4.04. The number of aliphatic carboxylic acids is 1. The zero-order valence-electron chi connectivity index (χ0n) is 13.9. The van der Waals surface area contributed by atoms with E-state index >= 15 is 0 Å². The van der Waals surface area contributed by atoms with E-state index in [4.69, 9.17) is 11.6 Å². The number of benzene rings is 1. The molecular weight excluding hydrogens is 330 g/mol. The summed E-state index contributed by atoms with van der Waals surface area (Å²) < 4.78 is 0. The summed E-state index contributed by atoms with van der Waals surface area (Å²) in [6, 6.07) is 6.75. The van der Waals surface area contributed by atoms with Crippen molar-refractivity contribution in [3.63, 3.8) is 0 Å². The number of carbonyl (C=O) groups is 2. The van der Waals surface area contributed by atoms with Gasteiger partial charge in [-0.1, -0.05) is 11.6 Å². The molecule has 1 saturated heterocycles. The molecule has 1 aliphatic heterocycles. The minimum absolute atomic E-state index is 0.0374. The summed E-state index contributed by atoms with van der Waals surface area (Å²) in [5.74, 6) is -1.93. The molecule has 1 aromatic rings. The van der Waals surface area contributed by atoms with Crippen molar-refractivity contribution in [3.05, 3.63) is 29.3 Å². The standard InChI is InChI=1S/C17H24ClN3O3/c1-20-7-2-8-21(10-9-20)12-13(17(23)24)11-16(22)19-15-5-3-14(18)4-6-15/h3-6,13H,2,7-12H2,1H3,(H,19,22)(H,23,24)/t13-/m1/s1. The normalized spacial score (nSPS) is 17.9. The monoisotopic (exact) mass is 353 g/mol. The molecule has 1 fully saturated rings. The fraction of sp³-hybridized carbons (Fsp3) is 0.529. The highest BCUT2D eigenvalue weighted by atomic mass is 35.5. The second-order valence-electron chi connectivity index (χ2n) is 6.25. The van der Waals surface area contributed by atoms with Crippen molar-refractivity contribution >= 4 is 29.2 Å². The first-order valence-electron chi connectivity index (χ1n) is 8.13. The third kappa shape index (κ3) is 6.11. The molecule has 6 nitrogen and oxygen atoms in total. The van der Waals surface area contributed by atoms with Crippen LogP contribution >= 0.6 is 11.6 Å². The maximum Gasteiger partial charge on any atom is 0.308 e. The lowest BCUT2D eigenvalue weighted by Crippen LogP contribution is -2.37. The molecule has 7 heteroatoms. The highest BCUT2D eigenvalue weighted by Crippen LogP contribution is 2.15. The van der Waals surface area contributed by atoms with Gasteiger partial charge in [0.25, 0.3) is 0 Å². The molecule has 1 atom stereocenters. The van der Waals surface area contributed by atoms with Crippen LogP contribution in [0.25, 0.3) is 0 Å². The number of carboxylic acids is 1. The topological polar surface area (TPSA) is 72.9 Å². The summed E-state index contributed by atoms with van der Waals surface area (Å²) in [7, 11) is 2.07. The fourth-order valence-corrected chi connectivity index (χ4v) is 2.92. The molecule has 0 aromatic heterocycles. The van der Waals surface area contributed by atoms with E-state index in [2.05, 4.69) is 22.2 Å². The molecule has 1 aliphatic rings. The van der Waals surface area contributed by atoms with Gasteiger partial charge in [-0.15, -0.1) is 0 Å². The quantitative estimate of drug-likeness (QED) is 0.818. The largest absolute Gasteiger partial charge is 0.481 e. The number of hydrogen-bond donors (Lipinski definition) is 2. The number of hydrogen-bond acceptors (Lipinski definition) is 4. The third-order valence-electron chi connectivity index (χ3n) is 4.20. The van der Waals surface area contributed by atoms with Crippen LogP contribution < -0.4 is 5.32 Å². The Balaban J connectivity index is 1.89. The summed E-state index contributed by atoms with van der Waals surface area (Å²) in [5, 5.41) is 12.8. The number of amides is 1. The molecule has 0 aliphatic carbocycles. The number of nitrogens with one attached hydrogen (secondary N) is 1. The molecule has 1 heterocycles. The van der Waals surface area contributed by atoms with Gasteiger partial charge in [-0.2, -0.15) is 0 Å². The summed E-state index contributed by atoms with van der Waals surface area (Å²) in [6.07, 6.45) is 0.976. The maximum atomic E-state index is 12.1. The lowest BCUT2D eigenvalue weighted by Gasteiger charge is -2.23. The van der Waals surface area contributed by atoms with Crippen molar-refractivity contribution in [2.75, 3.05) is 45.1 Å². The fourth-order valence-electron chi connectivity index (χ4n) is 2.79. The lowest BCUT2D eigenvalue weighted by molar-refractivity contribution is -0.144. The van der Waals surface area contributed by atoms with Crippen molar-refractivity contribution < 1.29 is 14.7 Å². The Hall–Kier alpha value is -1.63. The Morgan fingerprint density at radius 2 is 1.92 bits per heavy atom. The van der Waals surface area contributed by atoms with E-state index in [0.29, 0.717) is 17.3 Å². The van der Waals surface area contributed by atoms with Gasteiger partial charge in [-0.05, 0) is 50.8 Å². The molecule has 2 rings (SSSR count). The number of rotatable bonds is 6. The molecule has 0 spiro atoms. The van der Waals surface area contributed by atoms with Crippen LogP contribution in [0.1, 0.15) is 12.8 Å². The average molecular weight is 354 g/mol. The lowest BCUT2D eigenvalue weighted by atomic mass is 10.0. The van der Waals surface area contributed by atoms with Crippen LogP contribution in [-0.4, -0.2) is 66.6 Å². The Bertz CT molecular complexity index is 565. The summed E-state index contributed by atoms with van der Waals surface area (Å²) in [5.41, 5.74) is 0.616. The van der Waals surface area contributed by atoms with Gasteiger partial charge in [0, 0.05) is 36.8 Å². The first-order chi connectivity index (χ1) is 11.4. The van der Waals surface area contributed by atoms with Gasteiger partial charge in [0.1, 0.15) is 0 Å². The van der Waals surface area contributed by atoms with Crippen molar-refractivity contribution in [1.29, 1.82) is 0 Å². The number of halogens is 1. The van der Waals surface area contributed by atoms with E-state index in [1.807, 2.05) is 0 Å². The minimum atomic E-state index is -0.932. The van der Waals surface area contributed by atoms with Gasteiger partial charge >= 0.3 is 5.97 Å². The van der Waals surface area contributed by atoms with E-state index in [0.717, 1.165) is 32.6 Å². The Kier molecular flexibility index (Phi) is 7.02. The van der Waals surface area contributed by atoms with E-state index in [1.165, 1.54) is 0 Å². The molecule has 0 bridgehead atoms. The molecule has 1 aromatic carbocycles. The second kappa shape index (κ2) is 9.01. The van der Waals surface area contributed by atoms with Crippen LogP contribution in [0.3, 0.4) is 0 Å². The smallest absolute Gasteiger partial charge is 0.308 e. The van der Waals surface area contributed by atoms with Crippen molar-refractivity contribution in [2.24, 2.45) is 5.92 Å². The zero-order valence-corrected chi connectivity index (χ0v) is 14.6. The van der Waals surface area contributed by atoms with Crippen LogP contribution in [0.2, 0.25) is 5.02 Å². The number of carbonyl (C=O) groups excluding carboxylic acids is 1.